The SMILES string of the molecule is CSC1=NC=CC(C)C=C1. The summed E-state index contributed by atoms with van der Waals surface area (Å²) in [4.78, 5) is 4.20. The minimum absolute atomic E-state index is 0.522. The summed E-state index contributed by atoms with van der Waals surface area (Å²) in [6, 6.07) is 0. The molecule has 0 fully saturated rings. The predicted octanol–water partition coefficient (Wildman–Crippen LogP) is 2.47. The molecule has 1 nitrogen and oxygen atoms in total. The lowest BCUT2D eigenvalue weighted by atomic mass is 10.2. The summed E-state index contributed by atoms with van der Waals surface area (Å²) in [5.74, 6) is 0.522. The van der Waals surface area contributed by atoms with Gasteiger partial charge in [0.2, 0.25) is 0 Å². The third-order valence-electron chi connectivity index (χ3n) is 1.34. The van der Waals surface area contributed by atoms with Crippen molar-refractivity contribution in [2.75, 3.05) is 6.26 Å². The van der Waals surface area contributed by atoms with E-state index < -0.39 is 0 Å². The normalized spacial score (nSPS) is 24.2. The first kappa shape index (κ1) is 7.61. The van der Waals surface area contributed by atoms with Crippen LogP contribution in [0.2, 0.25) is 0 Å². The molecule has 0 N–H and O–H groups in total. The Morgan fingerprint density at radius 3 is 3.00 bits per heavy atom. The van der Waals surface area contributed by atoms with Gasteiger partial charge in [0.05, 0.1) is 5.04 Å². The highest BCUT2D eigenvalue weighted by Gasteiger charge is 1.95. The lowest BCUT2D eigenvalue weighted by Crippen LogP contribution is -1.83. The molecule has 2 heteroatoms. The molecule has 0 amide bonds. The van der Waals surface area contributed by atoms with Crippen LogP contribution in [0, 0.1) is 5.92 Å². The Morgan fingerprint density at radius 2 is 2.30 bits per heavy atom. The molecule has 1 heterocycles. The quantitative estimate of drug-likeness (QED) is 0.520. The maximum Gasteiger partial charge on any atom is 0.0953 e. The summed E-state index contributed by atoms with van der Waals surface area (Å²) in [5, 5.41) is 1.08. The van der Waals surface area contributed by atoms with Crippen LogP contribution in [0.25, 0.3) is 0 Å². The smallest absolute Gasteiger partial charge is 0.0953 e. The maximum atomic E-state index is 4.20. The lowest BCUT2D eigenvalue weighted by Gasteiger charge is -1.91. The molecule has 1 aliphatic rings. The summed E-state index contributed by atoms with van der Waals surface area (Å²) in [6.45, 7) is 2.14. The summed E-state index contributed by atoms with van der Waals surface area (Å²) in [7, 11) is 0. The van der Waals surface area contributed by atoms with Gasteiger partial charge in [-0.1, -0.05) is 19.1 Å². The van der Waals surface area contributed by atoms with E-state index in [0.717, 1.165) is 5.04 Å². The van der Waals surface area contributed by atoms with E-state index in [9.17, 15) is 0 Å². The number of nitrogens with zero attached hydrogens (tertiary/aromatic N) is 1. The van der Waals surface area contributed by atoms with E-state index in [-0.39, 0.29) is 0 Å². The van der Waals surface area contributed by atoms with Crippen LogP contribution in [0.5, 0.6) is 0 Å². The molecule has 0 bridgehead atoms. The van der Waals surface area contributed by atoms with Crippen molar-refractivity contribution >= 4 is 16.8 Å². The average molecular weight is 153 g/mol. The second-order valence-electron chi connectivity index (χ2n) is 2.23. The Labute approximate surface area is 65.9 Å². The van der Waals surface area contributed by atoms with Gasteiger partial charge in [0, 0.05) is 6.20 Å². The second kappa shape index (κ2) is 3.62. The Kier molecular flexibility index (Phi) is 2.75. The van der Waals surface area contributed by atoms with Gasteiger partial charge in [-0.3, -0.25) is 4.99 Å². The largest absolute Gasteiger partial charge is 0.250 e. The summed E-state index contributed by atoms with van der Waals surface area (Å²) in [5.41, 5.74) is 0. The van der Waals surface area contributed by atoms with Crippen LogP contribution in [0.15, 0.2) is 29.4 Å². The molecule has 54 valence electrons. The molecular formula is C8H11NS. The third-order valence-corrected chi connectivity index (χ3v) is 2.00. The Morgan fingerprint density at radius 1 is 1.50 bits per heavy atom. The molecule has 0 aromatic heterocycles. The van der Waals surface area contributed by atoms with Crippen LogP contribution < -0.4 is 0 Å². The van der Waals surface area contributed by atoms with E-state index in [1.807, 2.05) is 12.5 Å². The third kappa shape index (κ3) is 2.03. The zero-order valence-electron chi connectivity index (χ0n) is 6.24. The summed E-state index contributed by atoms with van der Waals surface area (Å²) >= 11 is 1.67. The number of hydrogen-bond acceptors (Lipinski definition) is 2. The Bertz CT molecular complexity index is 191. The fraction of sp³-hybridized carbons (Fsp3) is 0.375. The zero-order chi connectivity index (χ0) is 7.40. The van der Waals surface area contributed by atoms with Gasteiger partial charge in [0.25, 0.3) is 0 Å². The van der Waals surface area contributed by atoms with E-state index in [2.05, 4.69) is 30.1 Å². The van der Waals surface area contributed by atoms with Gasteiger partial charge in [-0.25, -0.2) is 0 Å². The van der Waals surface area contributed by atoms with Gasteiger partial charge in [-0.05, 0) is 18.2 Å². The lowest BCUT2D eigenvalue weighted by molar-refractivity contribution is 0.941. The van der Waals surface area contributed by atoms with Crippen molar-refractivity contribution in [1.29, 1.82) is 0 Å². The number of rotatable bonds is 0. The van der Waals surface area contributed by atoms with E-state index in [1.165, 1.54) is 0 Å². The molecule has 0 spiro atoms. The monoisotopic (exact) mass is 153 g/mol. The molecule has 10 heavy (non-hydrogen) atoms. The van der Waals surface area contributed by atoms with Crippen LogP contribution in [0.4, 0.5) is 0 Å². The van der Waals surface area contributed by atoms with E-state index in [0.29, 0.717) is 5.92 Å². The molecule has 0 aliphatic carbocycles. The van der Waals surface area contributed by atoms with Crippen molar-refractivity contribution in [3.05, 3.63) is 24.4 Å². The zero-order valence-corrected chi connectivity index (χ0v) is 7.06. The van der Waals surface area contributed by atoms with Crippen LogP contribution in [-0.2, 0) is 0 Å². The Balaban J connectivity index is 2.71. The molecule has 1 unspecified atom stereocenters. The number of aliphatic imine (C=N–C) groups is 1. The van der Waals surface area contributed by atoms with Gasteiger partial charge in [-0.15, -0.1) is 11.8 Å². The van der Waals surface area contributed by atoms with Gasteiger partial charge in [-0.2, -0.15) is 0 Å². The number of hydrogen-bond donors (Lipinski definition) is 0. The van der Waals surface area contributed by atoms with Gasteiger partial charge >= 0.3 is 0 Å². The Hall–Kier alpha value is -0.500. The molecule has 0 aromatic carbocycles. The summed E-state index contributed by atoms with van der Waals surface area (Å²) in [6.07, 6.45) is 10.2. The van der Waals surface area contributed by atoms with Crippen LogP contribution in [0.3, 0.4) is 0 Å². The minimum Gasteiger partial charge on any atom is -0.250 e. The molecule has 1 rings (SSSR count). The topological polar surface area (TPSA) is 12.4 Å². The van der Waals surface area contributed by atoms with Crippen molar-refractivity contribution in [3.8, 4) is 0 Å². The van der Waals surface area contributed by atoms with E-state index in [1.54, 1.807) is 11.8 Å². The molecule has 1 aliphatic heterocycles. The highest BCUT2D eigenvalue weighted by Crippen LogP contribution is 2.09. The second-order valence-corrected chi connectivity index (χ2v) is 3.06. The molecule has 0 saturated heterocycles. The van der Waals surface area contributed by atoms with Crippen molar-refractivity contribution in [3.63, 3.8) is 0 Å². The van der Waals surface area contributed by atoms with Crippen LogP contribution in [0.1, 0.15) is 6.92 Å². The fourth-order valence-electron chi connectivity index (χ4n) is 0.714. The summed E-state index contributed by atoms with van der Waals surface area (Å²) < 4.78 is 0. The molecule has 0 radical (unpaired) electrons. The van der Waals surface area contributed by atoms with Crippen LogP contribution >= 0.6 is 11.8 Å². The molecular weight excluding hydrogens is 142 g/mol. The number of allylic oxidation sites excluding steroid dienone is 2. The molecule has 0 aromatic rings. The van der Waals surface area contributed by atoms with Gasteiger partial charge in [0.1, 0.15) is 0 Å². The van der Waals surface area contributed by atoms with Crippen molar-refractivity contribution in [2.45, 2.75) is 6.92 Å². The van der Waals surface area contributed by atoms with Crippen LogP contribution in [-0.4, -0.2) is 11.3 Å². The predicted molar refractivity (Wildman–Crippen MR) is 48.4 cm³/mol. The first-order chi connectivity index (χ1) is 4.83. The average Bonchev–Trinajstić information content (AvgIpc) is 2.14. The van der Waals surface area contributed by atoms with Crippen molar-refractivity contribution in [1.82, 2.24) is 0 Å². The first-order valence-electron chi connectivity index (χ1n) is 3.29. The van der Waals surface area contributed by atoms with Gasteiger partial charge < -0.3 is 0 Å². The highest BCUT2D eigenvalue weighted by molar-refractivity contribution is 8.13. The van der Waals surface area contributed by atoms with Crippen molar-refractivity contribution < 1.29 is 0 Å². The molecule has 0 saturated carbocycles. The number of thioether (sulfide) groups is 1. The maximum absolute atomic E-state index is 4.20. The van der Waals surface area contributed by atoms with E-state index >= 15 is 0 Å². The van der Waals surface area contributed by atoms with E-state index in [4.69, 9.17) is 0 Å². The minimum atomic E-state index is 0.522. The van der Waals surface area contributed by atoms with Crippen molar-refractivity contribution in [2.24, 2.45) is 10.9 Å². The standard InChI is InChI=1S/C8H11NS/c1-7-3-4-8(10-2)9-6-5-7/h3-7H,1-2H3. The highest BCUT2D eigenvalue weighted by atomic mass is 32.2. The van der Waals surface area contributed by atoms with Gasteiger partial charge in [0.15, 0.2) is 0 Å². The molecule has 1 atom stereocenters. The first-order valence-corrected chi connectivity index (χ1v) is 4.52. The fourth-order valence-corrected chi connectivity index (χ4v) is 1.10.